The summed E-state index contributed by atoms with van der Waals surface area (Å²) in [6.07, 6.45) is 2.28. The summed E-state index contributed by atoms with van der Waals surface area (Å²) in [5.74, 6) is 0. The van der Waals surface area contributed by atoms with Gasteiger partial charge in [-0.1, -0.05) is 29.3 Å². The summed E-state index contributed by atoms with van der Waals surface area (Å²) in [4.78, 5) is 12.8. The van der Waals surface area contributed by atoms with E-state index in [1.165, 1.54) is 0 Å². The molecule has 0 aromatic heterocycles. The minimum atomic E-state index is -0.331. The largest absolute Gasteiger partial charge is 0.372 e. The first-order valence-corrected chi connectivity index (χ1v) is 7.34. The number of nitro benzene ring substituents is 1. The Balaban J connectivity index is 2.99. The molecule has 18 heavy (non-hydrogen) atoms. The molecule has 0 saturated carbocycles. The van der Waals surface area contributed by atoms with Crippen LogP contribution in [0.5, 0.6) is 0 Å². The van der Waals surface area contributed by atoms with E-state index in [0.29, 0.717) is 5.33 Å². The van der Waals surface area contributed by atoms with Crippen molar-refractivity contribution in [2.45, 2.75) is 32.0 Å². The van der Waals surface area contributed by atoms with Gasteiger partial charge in [-0.05, 0) is 25.5 Å². The number of nitrogens with zero attached hydrogens (tertiary/aromatic N) is 2. The van der Waals surface area contributed by atoms with Crippen molar-refractivity contribution in [3.63, 3.8) is 0 Å². The summed E-state index contributed by atoms with van der Waals surface area (Å²) < 4.78 is 0. The molecule has 0 atom stereocenters. The van der Waals surface area contributed by atoms with Crippen molar-refractivity contribution in [1.82, 2.24) is 0 Å². The zero-order chi connectivity index (χ0) is 13.5. The summed E-state index contributed by atoms with van der Waals surface area (Å²) in [7, 11) is 0. The molecule has 1 aromatic rings. The fourth-order valence-electron chi connectivity index (χ4n) is 1.87. The molecule has 0 radical (unpaired) electrons. The van der Waals surface area contributed by atoms with Crippen molar-refractivity contribution >= 4 is 27.3 Å². The SMILES string of the molecule is CCCCN(CC)c1ccc([N+](=O)[O-])c(CBr)c1. The minimum Gasteiger partial charge on any atom is -0.372 e. The molecule has 0 aliphatic carbocycles. The molecule has 5 heteroatoms. The first-order valence-electron chi connectivity index (χ1n) is 6.22. The molecular formula is C13H19BrN2O2. The van der Waals surface area contributed by atoms with Crippen molar-refractivity contribution in [3.05, 3.63) is 33.9 Å². The molecule has 0 heterocycles. The average molecular weight is 315 g/mol. The molecular weight excluding hydrogens is 296 g/mol. The second-order valence-electron chi connectivity index (χ2n) is 4.14. The van der Waals surface area contributed by atoms with E-state index in [1.807, 2.05) is 12.1 Å². The first-order chi connectivity index (χ1) is 8.63. The van der Waals surface area contributed by atoms with Gasteiger partial charge < -0.3 is 4.90 Å². The van der Waals surface area contributed by atoms with Gasteiger partial charge in [-0.3, -0.25) is 10.1 Å². The highest BCUT2D eigenvalue weighted by atomic mass is 79.9. The maximum absolute atomic E-state index is 10.9. The molecule has 0 amide bonds. The number of unbranched alkanes of at least 4 members (excludes halogenated alkanes) is 1. The topological polar surface area (TPSA) is 46.4 Å². The third-order valence-electron chi connectivity index (χ3n) is 2.93. The number of halogens is 1. The van der Waals surface area contributed by atoms with Gasteiger partial charge in [-0.25, -0.2) is 0 Å². The zero-order valence-corrected chi connectivity index (χ0v) is 12.4. The molecule has 1 rings (SSSR count). The van der Waals surface area contributed by atoms with Crippen LogP contribution in [0, 0.1) is 10.1 Å². The fourth-order valence-corrected chi connectivity index (χ4v) is 2.32. The second-order valence-corrected chi connectivity index (χ2v) is 4.70. The number of hydrogen-bond acceptors (Lipinski definition) is 3. The Kier molecular flexibility index (Phi) is 6.12. The molecule has 4 nitrogen and oxygen atoms in total. The summed E-state index contributed by atoms with van der Waals surface area (Å²) in [6.45, 7) is 6.17. The Morgan fingerprint density at radius 2 is 2.11 bits per heavy atom. The van der Waals surface area contributed by atoms with Gasteiger partial charge in [-0.2, -0.15) is 0 Å². The lowest BCUT2D eigenvalue weighted by Gasteiger charge is -2.23. The molecule has 0 fully saturated rings. The molecule has 0 unspecified atom stereocenters. The van der Waals surface area contributed by atoms with Crippen LogP contribution in [0.1, 0.15) is 32.3 Å². The highest BCUT2D eigenvalue weighted by molar-refractivity contribution is 9.08. The van der Waals surface area contributed by atoms with E-state index in [9.17, 15) is 10.1 Å². The predicted octanol–water partition coefficient (Wildman–Crippen LogP) is 4.12. The summed E-state index contributed by atoms with van der Waals surface area (Å²) in [6, 6.07) is 5.34. The lowest BCUT2D eigenvalue weighted by Crippen LogP contribution is -2.23. The Morgan fingerprint density at radius 1 is 1.39 bits per heavy atom. The smallest absolute Gasteiger partial charge is 0.273 e. The quantitative estimate of drug-likeness (QED) is 0.432. The third-order valence-corrected chi connectivity index (χ3v) is 3.54. The summed E-state index contributed by atoms with van der Waals surface area (Å²) in [5, 5.41) is 11.4. The van der Waals surface area contributed by atoms with Crippen LogP contribution in [0.25, 0.3) is 0 Å². The van der Waals surface area contributed by atoms with Crippen LogP contribution in [-0.2, 0) is 5.33 Å². The van der Waals surface area contributed by atoms with Gasteiger partial charge in [0.05, 0.1) is 4.92 Å². The Morgan fingerprint density at radius 3 is 2.61 bits per heavy atom. The molecule has 0 bridgehead atoms. The van der Waals surface area contributed by atoms with Crippen molar-refractivity contribution in [2.24, 2.45) is 0 Å². The van der Waals surface area contributed by atoms with Gasteiger partial charge in [-0.15, -0.1) is 0 Å². The molecule has 0 N–H and O–H groups in total. The van der Waals surface area contributed by atoms with Crippen LogP contribution in [0.3, 0.4) is 0 Å². The molecule has 0 saturated heterocycles. The minimum absolute atomic E-state index is 0.183. The van der Waals surface area contributed by atoms with Crippen LogP contribution < -0.4 is 4.90 Å². The summed E-state index contributed by atoms with van der Waals surface area (Å²) in [5.41, 5.74) is 1.97. The fraction of sp³-hybridized carbons (Fsp3) is 0.538. The molecule has 0 aliphatic heterocycles. The number of rotatable bonds is 7. The molecule has 0 aliphatic rings. The van der Waals surface area contributed by atoms with Crippen LogP contribution in [0.4, 0.5) is 11.4 Å². The zero-order valence-electron chi connectivity index (χ0n) is 10.9. The Hall–Kier alpha value is -1.10. The van der Waals surface area contributed by atoms with Crippen LogP contribution in [0.2, 0.25) is 0 Å². The van der Waals surface area contributed by atoms with Crippen molar-refractivity contribution < 1.29 is 4.92 Å². The van der Waals surface area contributed by atoms with Crippen LogP contribution in [0.15, 0.2) is 18.2 Å². The lowest BCUT2D eigenvalue weighted by molar-refractivity contribution is -0.385. The highest BCUT2D eigenvalue weighted by Gasteiger charge is 2.14. The molecule has 1 aromatic carbocycles. The number of anilines is 1. The monoisotopic (exact) mass is 314 g/mol. The second kappa shape index (κ2) is 7.36. The van der Waals surface area contributed by atoms with E-state index >= 15 is 0 Å². The third kappa shape index (κ3) is 3.70. The summed E-state index contributed by atoms with van der Waals surface area (Å²) >= 11 is 3.31. The van der Waals surface area contributed by atoms with Crippen LogP contribution >= 0.6 is 15.9 Å². The average Bonchev–Trinajstić information content (AvgIpc) is 2.39. The first kappa shape index (κ1) is 15.0. The van der Waals surface area contributed by atoms with E-state index in [2.05, 4.69) is 34.7 Å². The van der Waals surface area contributed by atoms with Crippen molar-refractivity contribution in [1.29, 1.82) is 0 Å². The Bertz CT molecular complexity index is 410. The van der Waals surface area contributed by atoms with Gasteiger partial charge in [0.2, 0.25) is 0 Å². The van der Waals surface area contributed by atoms with E-state index in [1.54, 1.807) is 6.07 Å². The Labute approximate surface area is 116 Å². The van der Waals surface area contributed by atoms with Crippen LogP contribution in [-0.4, -0.2) is 18.0 Å². The predicted molar refractivity (Wildman–Crippen MR) is 78.5 cm³/mol. The van der Waals surface area contributed by atoms with E-state index in [-0.39, 0.29) is 10.6 Å². The van der Waals surface area contributed by atoms with Gasteiger partial charge in [0.25, 0.3) is 5.69 Å². The van der Waals surface area contributed by atoms with E-state index in [0.717, 1.165) is 37.2 Å². The molecule has 0 spiro atoms. The number of alkyl halides is 1. The normalized spacial score (nSPS) is 10.4. The van der Waals surface area contributed by atoms with Crippen molar-refractivity contribution in [2.75, 3.05) is 18.0 Å². The highest BCUT2D eigenvalue weighted by Crippen LogP contribution is 2.27. The van der Waals surface area contributed by atoms with Gasteiger partial charge in [0.15, 0.2) is 0 Å². The van der Waals surface area contributed by atoms with E-state index < -0.39 is 0 Å². The number of hydrogen-bond donors (Lipinski definition) is 0. The number of benzene rings is 1. The van der Waals surface area contributed by atoms with E-state index in [4.69, 9.17) is 0 Å². The van der Waals surface area contributed by atoms with Gasteiger partial charge in [0, 0.05) is 35.7 Å². The van der Waals surface area contributed by atoms with Crippen molar-refractivity contribution in [3.8, 4) is 0 Å². The lowest BCUT2D eigenvalue weighted by atomic mass is 10.1. The maximum atomic E-state index is 10.9. The van der Waals surface area contributed by atoms with Gasteiger partial charge >= 0.3 is 0 Å². The van der Waals surface area contributed by atoms with Gasteiger partial charge in [0.1, 0.15) is 0 Å². The maximum Gasteiger partial charge on any atom is 0.273 e. The number of nitro groups is 1. The molecule has 100 valence electrons. The standard InChI is InChI=1S/C13H19BrN2O2/c1-3-5-8-15(4-2)12-6-7-13(16(17)18)11(9-12)10-14/h6-7,9H,3-5,8,10H2,1-2H3.